The number of nitrogens with one attached hydrogen (secondary N) is 2. The SMILES string of the molecule is Cc1[nH]nc(CCc2ccccc2)c1NC(=O)Cc1cccs1. The summed E-state index contributed by atoms with van der Waals surface area (Å²) in [4.78, 5) is 13.3. The number of nitrogens with zero attached hydrogens (tertiary/aromatic N) is 1. The number of aryl methyl sites for hydroxylation is 3. The molecule has 118 valence electrons. The molecule has 0 aliphatic heterocycles. The minimum atomic E-state index is -0.00193. The Balaban J connectivity index is 1.65. The van der Waals surface area contributed by atoms with E-state index in [1.807, 2.05) is 42.6 Å². The van der Waals surface area contributed by atoms with Gasteiger partial charge in [0, 0.05) is 4.88 Å². The van der Waals surface area contributed by atoms with Gasteiger partial charge in [-0.2, -0.15) is 5.10 Å². The van der Waals surface area contributed by atoms with Crippen molar-refractivity contribution in [2.75, 3.05) is 5.32 Å². The van der Waals surface area contributed by atoms with E-state index in [0.29, 0.717) is 6.42 Å². The van der Waals surface area contributed by atoms with Gasteiger partial charge in [0.2, 0.25) is 5.91 Å². The fourth-order valence-electron chi connectivity index (χ4n) is 2.49. The summed E-state index contributed by atoms with van der Waals surface area (Å²) in [5.41, 5.74) is 3.89. The van der Waals surface area contributed by atoms with Gasteiger partial charge in [-0.05, 0) is 36.8 Å². The first kappa shape index (κ1) is 15.5. The molecule has 23 heavy (non-hydrogen) atoms. The van der Waals surface area contributed by atoms with Gasteiger partial charge < -0.3 is 5.32 Å². The van der Waals surface area contributed by atoms with E-state index in [2.05, 4.69) is 27.6 Å². The molecule has 0 fully saturated rings. The number of benzene rings is 1. The van der Waals surface area contributed by atoms with Crippen LogP contribution in [0.5, 0.6) is 0 Å². The van der Waals surface area contributed by atoms with Gasteiger partial charge in [0.1, 0.15) is 0 Å². The summed E-state index contributed by atoms with van der Waals surface area (Å²) in [6.45, 7) is 1.93. The first-order chi connectivity index (χ1) is 11.2. The molecule has 0 unspecified atom stereocenters. The Hall–Kier alpha value is -2.40. The molecule has 1 amide bonds. The number of aromatic nitrogens is 2. The zero-order valence-electron chi connectivity index (χ0n) is 13.0. The quantitative estimate of drug-likeness (QED) is 0.725. The Morgan fingerprint density at radius 3 is 2.74 bits per heavy atom. The van der Waals surface area contributed by atoms with Gasteiger partial charge in [-0.25, -0.2) is 0 Å². The molecule has 2 N–H and O–H groups in total. The number of carbonyl (C=O) groups excluding carboxylic acids is 1. The van der Waals surface area contributed by atoms with E-state index < -0.39 is 0 Å². The summed E-state index contributed by atoms with van der Waals surface area (Å²) in [5, 5.41) is 12.3. The normalized spacial score (nSPS) is 10.7. The van der Waals surface area contributed by atoms with E-state index in [1.165, 1.54) is 5.56 Å². The van der Waals surface area contributed by atoms with Crippen molar-refractivity contribution < 1.29 is 4.79 Å². The molecule has 0 spiro atoms. The molecule has 0 saturated heterocycles. The van der Waals surface area contributed by atoms with Gasteiger partial charge in [0.05, 0.1) is 23.5 Å². The zero-order chi connectivity index (χ0) is 16.1. The predicted molar refractivity (Wildman–Crippen MR) is 93.8 cm³/mol. The van der Waals surface area contributed by atoms with Gasteiger partial charge in [0.25, 0.3) is 0 Å². The first-order valence-electron chi connectivity index (χ1n) is 7.62. The second kappa shape index (κ2) is 7.24. The molecular weight excluding hydrogens is 306 g/mol. The largest absolute Gasteiger partial charge is 0.323 e. The number of hydrogen-bond acceptors (Lipinski definition) is 3. The average Bonchev–Trinajstić information content (AvgIpc) is 3.18. The highest BCUT2D eigenvalue weighted by atomic mass is 32.1. The average molecular weight is 325 g/mol. The standard InChI is InChI=1S/C18H19N3OS/c1-13-18(19-17(22)12-15-8-5-11-23-15)16(21-20-13)10-9-14-6-3-2-4-7-14/h2-8,11H,9-10,12H2,1H3,(H,19,22)(H,20,21). The van der Waals surface area contributed by atoms with Gasteiger partial charge in [-0.3, -0.25) is 9.89 Å². The van der Waals surface area contributed by atoms with Crippen molar-refractivity contribution in [2.24, 2.45) is 0 Å². The maximum Gasteiger partial charge on any atom is 0.229 e. The van der Waals surface area contributed by atoms with Gasteiger partial charge in [-0.15, -0.1) is 11.3 Å². The van der Waals surface area contributed by atoms with Crippen LogP contribution in [0.25, 0.3) is 0 Å². The number of rotatable bonds is 6. The van der Waals surface area contributed by atoms with E-state index in [1.54, 1.807) is 11.3 Å². The van der Waals surface area contributed by atoms with Crippen molar-refractivity contribution in [1.29, 1.82) is 0 Å². The molecule has 0 aliphatic carbocycles. The van der Waals surface area contributed by atoms with Crippen LogP contribution in [0.3, 0.4) is 0 Å². The third-order valence-electron chi connectivity index (χ3n) is 3.69. The van der Waals surface area contributed by atoms with Crippen molar-refractivity contribution in [1.82, 2.24) is 10.2 Å². The Morgan fingerprint density at radius 1 is 1.17 bits per heavy atom. The smallest absolute Gasteiger partial charge is 0.229 e. The number of carbonyl (C=O) groups is 1. The van der Waals surface area contributed by atoms with E-state index in [0.717, 1.165) is 34.8 Å². The predicted octanol–water partition coefficient (Wildman–Crippen LogP) is 3.75. The van der Waals surface area contributed by atoms with Crippen LogP contribution in [0.2, 0.25) is 0 Å². The fourth-order valence-corrected chi connectivity index (χ4v) is 3.19. The third kappa shape index (κ3) is 4.07. The van der Waals surface area contributed by atoms with Crippen molar-refractivity contribution in [3.63, 3.8) is 0 Å². The minimum Gasteiger partial charge on any atom is -0.323 e. The molecule has 0 atom stereocenters. The van der Waals surface area contributed by atoms with E-state index in [9.17, 15) is 4.79 Å². The highest BCUT2D eigenvalue weighted by Crippen LogP contribution is 2.20. The summed E-state index contributed by atoms with van der Waals surface area (Å²) < 4.78 is 0. The number of amides is 1. The maximum atomic E-state index is 12.2. The monoisotopic (exact) mass is 325 g/mol. The van der Waals surface area contributed by atoms with Crippen LogP contribution < -0.4 is 5.32 Å². The van der Waals surface area contributed by atoms with E-state index in [4.69, 9.17) is 0 Å². The van der Waals surface area contributed by atoms with Crippen LogP contribution in [0, 0.1) is 6.92 Å². The van der Waals surface area contributed by atoms with Gasteiger partial charge in [0.15, 0.2) is 0 Å². The summed E-state index contributed by atoms with van der Waals surface area (Å²) in [6.07, 6.45) is 2.10. The summed E-state index contributed by atoms with van der Waals surface area (Å²) >= 11 is 1.60. The van der Waals surface area contributed by atoms with E-state index >= 15 is 0 Å². The number of H-pyrrole nitrogens is 1. The highest BCUT2D eigenvalue weighted by molar-refractivity contribution is 7.10. The second-order valence-electron chi connectivity index (χ2n) is 5.46. The molecule has 2 heterocycles. The summed E-state index contributed by atoms with van der Waals surface area (Å²) in [6, 6.07) is 14.2. The van der Waals surface area contributed by atoms with Crippen LogP contribution in [0.1, 0.15) is 21.8 Å². The van der Waals surface area contributed by atoms with Crippen LogP contribution in [0.4, 0.5) is 5.69 Å². The topological polar surface area (TPSA) is 57.8 Å². The molecule has 1 aromatic carbocycles. The lowest BCUT2D eigenvalue weighted by atomic mass is 10.1. The number of thiophene rings is 1. The molecule has 0 saturated carbocycles. The lowest BCUT2D eigenvalue weighted by molar-refractivity contribution is -0.115. The Labute approximate surface area is 139 Å². The molecular formula is C18H19N3OS. The molecule has 2 aromatic heterocycles. The molecule has 3 aromatic rings. The molecule has 3 rings (SSSR count). The number of anilines is 1. The van der Waals surface area contributed by atoms with Crippen molar-refractivity contribution >= 4 is 22.9 Å². The minimum absolute atomic E-state index is 0.00193. The first-order valence-corrected chi connectivity index (χ1v) is 8.50. The maximum absolute atomic E-state index is 12.2. The van der Waals surface area contributed by atoms with Crippen LogP contribution in [-0.4, -0.2) is 16.1 Å². The van der Waals surface area contributed by atoms with Crippen molar-refractivity contribution in [2.45, 2.75) is 26.2 Å². The third-order valence-corrected chi connectivity index (χ3v) is 4.57. The van der Waals surface area contributed by atoms with Gasteiger partial charge >= 0.3 is 0 Å². The molecule has 0 aliphatic rings. The molecule has 5 heteroatoms. The Morgan fingerprint density at radius 2 is 2.00 bits per heavy atom. The number of aromatic amines is 1. The molecule has 0 bridgehead atoms. The number of hydrogen-bond donors (Lipinski definition) is 2. The van der Waals surface area contributed by atoms with Crippen LogP contribution >= 0.6 is 11.3 Å². The molecule has 4 nitrogen and oxygen atoms in total. The Kier molecular flexibility index (Phi) is 4.88. The zero-order valence-corrected chi connectivity index (χ0v) is 13.8. The second-order valence-corrected chi connectivity index (χ2v) is 6.49. The lowest BCUT2D eigenvalue weighted by Gasteiger charge is -2.06. The van der Waals surface area contributed by atoms with Gasteiger partial charge in [-0.1, -0.05) is 36.4 Å². The molecule has 0 radical (unpaired) electrons. The summed E-state index contributed by atoms with van der Waals surface area (Å²) in [5.74, 6) is -0.00193. The van der Waals surface area contributed by atoms with Crippen molar-refractivity contribution in [3.8, 4) is 0 Å². The van der Waals surface area contributed by atoms with Crippen molar-refractivity contribution in [3.05, 3.63) is 69.7 Å². The highest BCUT2D eigenvalue weighted by Gasteiger charge is 2.14. The lowest BCUT2D eigenvalue weighted by Crippen LogP contribution is -2.15. The fraction of sp³-hybridized carbons (Fsp3) is 0.222. The van der Waals surface area contributed by atoms with Crippen LogP contribution in [0.15, 0.2) is 47.8 Å². The summed E-state index contributed by atoms with van der Waals surface area (Å²) in [7, 11) is 0. The van der Waals surface area contributed by atoms with Crippen LogP contribution in [-0.2, 0) is 24.1 Å². The Bertz CT molecular complexity index is 763. The van der Waals surface area contributed by atoms with E-state index in [-0.39, 0.29) is 5.91 Å².